The molecule has 1 heterocycles. The van der Waals surface area contributed by atoms with Crippen LogP contribution < -0.4 is 5.32 Å². The summed E-state index contributed by atoms with van der Waals surface area (Å²) in [6, 6.07) is 6.44. The molecule has 2 amide bonds. The van der Waals surface area contributed by atoms with Gasteiger partial charge in [0.05, 0.1) is 11.4 Å². The molecular weight excluding hydrogens is 296 g/mol. The quantitative estimate of drug-likeness (QED) is 0.928. The Morgan fingerprint density at radius 1 is 1.32 bits per heavy atom. The van der Waals surface area contributed by atoms with E-state index in [0.717, 1.165) is 29.0 Å². The highest BCUT2D eigenvalue weighted by Gasteiger charge is 2.42. The summed E-state index contributed by atoms with van der Waals surface area (Å²) in [4.78, 5) is 27.5. The molecule has 1 unspecified atom stereocenters. The van der Waals surface area contributed by atoms with Crippen molar-refractivity contribution >= 4 is 29.3 Å². The van der Waals surface area contributed by atoms with Crippen molar-refractivity contribution in [3.63, 3.8) is 0 Å². The van der Waals surface area contributed by atoms with Crippen LogP contribution in [0.3, 0.4) is 0 Å². The molecule has 5 heteroatoms. The van der Waals surface area contributed by atoms with E-state index in [1.807, 2.05) is 18.2 Å². The minimum Gasteiger partial charge on any atom is -0.333 e. The lowest BCUT2D eigenvalue weighted by Gasteiger charge is -2.30. The summed E-state index contributed by atoms with van der Waals surface area (Å²) < 4.78 is 0. The number of nitrogens with zero attached hydrogens (tertiary/aromatic N) is 1. The topological polar surface area (TPSA) is 49.4 Å². The number of benzene rings is 1. The minimum atomic E-state index is 0.0264. The van der Waals surface area contributed by atoms with Crippen LogP contribution in [0.2, 0.25) is 0 Å². The van der Waals surface area contributed by atoms with Gasteiger partial charge in [-0.1, -0.05) is 0 Å². The number of hydrogen-bond acceptors (Lipinski definition) is 3. The standard InChI is InChI=1S/C17H20N2O2S/c1-10(11-2-3-11)19(13-5-6-13)17(21)12-4-7-14-15(8-12)22-9-16(20)18-14/h4,7-8,10-11,13H,2-3,5-6,9H2,1H3,(H,18,20). The molecule has 1 aromatic carbocycles. The van der Waals surface area contributed by atoms with Gasteiger partial charge in [-0.3, -0.25) is 9.59 Å². The number of carbonyl (C=O) groups is 2. The monoisotopic (exact) mass is 316 g/mol. The van der Waals surface area contributed by atoms with Crippen molar-refractivity contribution in [2.75, 3.05) is 11.1 Å². The Bertz CT molecular complexity index is 638. The van der Waals surface area contributed by atoms with Crippen LogP contribution in [0.1, 0.15) is 43.0 Å². The highest BCUT2D eigenvalue weighted by Crippen LogP contribution is 2.41. The summed E-state index contributed by atoms with van der Waals surface area (Å²) in [6.07, 6.45) is 4.78. The van der Waals surface area contributed by atoms with Gasteiger partial charge in [-0.05, 0) is 56.7 Å². The van der Waals surface area contributed by atoms with E-state index in [0.29, 0.717) is 23.8 Å². The van der Waals surface area contributed by atoms with E-state index in [4.69, 9.17) is 0 Å². The minimum absolute atomic E-state index is 0.0264. The van der Waals surface area contributed by atoms with Gasteiger partial charge < -0.3 is 10.2 Å². The van der Waals surface area contributed by atoms with E-state index in [-0.39, 0.29) is 11.8 Å². The van der Waals surface area contributed by atoms with Gasteiger partial charge in [0, 0.05) is 22.5 Å². The maximum absolute atomic E-state index is 13.0. The van der Waals surface area contributed by atoms with Crippen LogP contribution in [0, 0.1) is 5.92 Å². The number of thioether (sulfide) groups is 1. The largest absolute Gasteiger partial charge is 0.333 e. The van der Waals surface area contributed by atoms with E-state index in [1.54, 1.807) is 0 Å². The van der Waals surface area contributed by atoms with Crippen molar-refractivity contribution in [2.24, 2.45) is 5.92 Å². The number of fused-ring (bicyclic) bond motifs is 1. The Kier molecular flexibility index (Phi) is 3.40. The first kappa shape index (κ1) is 14.1. The van der Waals surface area contributed by atoms with E-state index in [9.17, 15) is 9.59 Å². The van der Waals surface area contributed by atoms with Crippen LogP contribution >= 0.6 is 11.8 Å². The molecule has 1 aromatic rings. The Balaban J connectivity index is 1.59. The van der Waals surface area contributed by atoms with Gasteiger partial charge in [0.1, 0.15) is 0 Å². The first-order valence-electron chi connectivity index (χ1n) is 8.03. The van der Waals surface area contributed by atoms with Crippen LogP contribution in [0.5, 0.6) is 0 Å². The van der Waals surface area contributed by atoms with E-state index in [1.165, 1.54) is 24.6 Å². The average Bonchev–Trinajstić information content (AvgIpc) is 3.38. The molecule has 2 aliphatic carbocycles. The molecule has 2 saturated carbocycles. The molecule has 0 saturated heterocycles. The third-order valence-electron chi connectivity index (χ3n) is 4.78. The highest BCUT2D eigenvalue weighted by molar-refractivity contribution is 8.00. The molecule has 1 atom stereocenters. The third kappa shape index (κ3) is 2.62. The van der Waals surface area contributed by atoms with Crippen LogP contribution in [-0.2, 0) is 4.79 Å². The number of amides is 2. The molecule has 0 radical (unpaired) electrons. The predicted octanol–water partition coefficient (Wildman–Crippen LogP) is 3.13. The first-order valence-corrected chi connectivity index (χ1v) is 9.01. The maximum atomic E-state index is 13.0. The fraction of sp³-hybridized carbons (Fsp3) is 0.529. The Morgan fingerprint density at radius 2 is 2.09 bits per heavy atom. The van der Waals surface area contributed by atoms with Crippen molar-refractivity contribution in [1.29, 1.82) is 0 Å². The van der Waals surface area contributed by atoms with Gasteiger partial charge >= 0.3 is 0 Å². The molecule has 116 valence electrons. The summed E-state index contributed by atoms with van der Waals surface area (Å²) in [6.45, 7) is 2.20. The predicted molar refractivity (Wildman–Crippen MR) is 87.2 cm³/mol. The van der Waals surface area contributed by atoms with Gasteiger partial charge in [-0.15, -0.1) is 11.8 Å². The van der Waals surface area contributed by atoms with Crippen LogP contribution in [0.25, 0.3) is 0 Å². The van der Waals surface area contributed by atoms with Crippen molar-refractivity contribution in [1.82, 2.24) is 4.90 Å². The zero-order valence-corrected chi connectivity index (χ0v) is 13.5. The Hall–Kier alpha value is -1.49. The smallest absolute Gasteiger partial charge is 0.254 e. The number of anilines is 1. The summed E-state index contributed by atoms with van der Waals surface area (Å²) >= 11 is 1.51. The molecular formula is C17H20N2O2S. The van der Waals surface area contributed by atoms with E-state index >= 15 is 0 Å². The third-order valence-corrected chi connectivity index (χ3v) is 5.83. The zero-order valence-electron chi connectivity index (χ0n) is 12.7. The molecule has 2 fully saturated rings. The lowest BCUT2D eigenvalue weighted by Crippen LogP contribution is -2.41. The summed E-state index contributed by atoms with van der Waals surface area (Å²) in [5.74, 6) is 1.30. The van der Waals surface area contributed by atoms with Crippen molar-refractivity contribution in [3.8, 4) is 0 Å². The fourth-order valence-electron chi connectivity index (χ4n) is 3.20. The number of rotatable bonds is 4. The number of nitrogens with one attached hydrogen (secondary N) is 1. The lowest BCUT2D eigenvalue weighted by atomic mass is 10.1. The number of carbonyl (C=O) groups excluding carboxylic acids is 2. The summed E-state index contributed by atoms with van der Waals surface area (Å²) in [5.41, 5.74) is 1.58. The van der Waals surface area contributed by atoms with Gasteiger partial charge in [-0.2, -0.15) is 0 Å². The maximum Gasteiger partial charge on any atom is 0.254 e. The van der Waals surface area contributed by atoms with Crippen molar-refractivity contribution in [3.05, 3.63) is 23.8 Å². The van der Waals surface area contributed by atoms with Gasteiger partial charge in [0.15, 0.2) is 0 Å². The average molecular weight is 316 g/mol. The highest BCUT2D eigenvalue weighted by atomic mass is 32.2. The lowest BCUT2D eigenvalue weighted by molar-refractivity contribution is -0.113. The molecule has 0 aromatic heterocycles. The molecule has 0 spiro atoms. The van der Waals surface area contributed by atoms with Crippen LogP contribution in [0.15, 0.2) is 23.1 Å². The van der Waals surface area contributed by atoms with Crippen molar-refractivity contribution in [2.45, 2.75) is 49.6 Å². The van der Waals surface area contributed by atoms with Gasteiger partial charge in [0.25, 0.3) is 5.91 Å². The second kappa shape index (κ2) is 5.30. The van der Waals surface area contributed by atoms with Crippen molar-refractivity contribution < 1.29 is 9.59 Å². The molecule has 1 N–H and O–H groups in total. The number of hydrogen-bond donors (Lipinski definition) is 1. The van der Waals surface area contributed by atoms with E-state index < -0.39 is 0 Å². The summed E-state index contributed by atoms with van der Waals surface area (Å²) in [5, 5.41) is 2.86. The normalized spacial score (nSPS) is 21.8. The Morgan fingerprint density at radius 3 is 2.77 bits per heavy atom. The molecule has 1 aliphatic heterocycles. The SMILES string of the molecule is CC(C1CC1)N(C(=O)c1ccc2c(c1)SCC(=O)N2)C1CC1. The van der Waals surface area contributed by atoms with E-state index in [2.05, 4.69) is 17.1 Å². The van der Waals surface area contributed by atoms with Gasteiger partial charge in [0.2, 0.25) is 5.91 Å². The zero-order chi connectivity index (χ0) is 15.3. The first-order chi connectivity index (χ1) is 10.6. The summed E-state index contributed by atoms with van der Waals surface area (Å²) in [7, 11) is 0. The molecule has 22 heavy (non-hydrogen) atoms. The Labute approximate surface area is 134 Å². The molecule has 4 nitrogen and oxygen atoms in total. The molecule has 0 bridgehead atoms. The second-order valence-electron chi connectivity index (χ2n) is 6.57. The fourth-order valence-corrected chi connectivity index (χ4v) is 4.04. The van der Waals surface area contributed by atoms with Crippen LogP contribution in [-0.4, -0.2) is 34.6 Å². The molecule has 3 aliphatic rings. The van der Waals surface area contributed by atoms with Crippen LogP contribution in [0.4, 0.5) is 5.69 Å². The molecule has 4 rings (SSSR count). The van der Waals surface area contributed by atoms with Gasteiger partial charge in [-0.25, -0.2) is 0 Å². The second-order valence-corrected chi connectivity index (χ2v) is 7.59.